The fraction of sp³-hybridized carbons (Fsp3) is 0.875. The van der Waals surface area contributed by atoms with Gasteiger partial charge in [-0.2, -0.15) is 0 Å². The molecule has 0 radical (unpaired) electrons. The van der Waals surface area contributed by atoms with Crippen molar-refractivity contribution in [3.63, 3.8) is 0 Å². The first kappa shape index (κ1) is 5.45. The van der Waals surface area contributed by atoms with Crippen molar-refractivity contribution in [2.24, 2.45) is 17.3 Å². The molecule has 0 aromatic heterocycles. The summed E-state index contributed by atoms with van der Waals surface area (Å²) >= 11 is 0. The molecule has 2 saturated carbocycles. The van der Waals surface area contributed by atoms with Gasteiger partial charge < -0.3 is 0 Å². The predicted molar refractivity (Wildman–Crippen MR) is 35.0 cm³/mol. The molecule has 1 nitrogen and oxygen atoms in total. The summed E-state index contributed by atoms with van der Waals surface area (Å²) in [6.45, 7) is 4.31. The van der Waals surface area contributed by atoms with E-state index in [-0.39, 0.29) is 0 Å². The van der Waals surface area contributed by atoms with Gasteiger partial charge in [0.05, 0.1) is 0 Å². The maximum Gasteiger partial charge on any atom is 0.136 e. The molecule has 1 heteroatoms. The fourth-order valence-corrected chi connectivity index (χ4v) is 2.21. The summed E-state index contributed by atoms with van der Waals surface area (Å²) in [5, 5.41) is 0. The first-order valence-electron chi connectivity index (χ1n) is 3.66. The van der Waals surface area contributed by atoms with Crippen molar-refractivity contribution < 1.29 is 4.79 Å². The van der Waals surface area contributed by atoms with E-state index in [1.807, 2.05) is 0 Å². The van der Waals surface area contributed by atoms with Crippen LogP contribution in [-0.2, 0) is 4.79 Å². The van der Waals surface area contributed by atoms with E-state index >= 15 is 0 Å². The van der Waals surface area contributed by atoms with E-state index in [0.29, 0.717) is 17.1 Å². The number of fused-ring (bicyclic) bond motifs is 1. The third-order valence-corrected chi connectivity index (χ3v) is 3.11. The van der Waals surface area contributed by atoms with Crippen LogP contribution in [0.15, 0.2) is 0 Å². The molecule has 2 aliphatic rings. The van der Waals surface area contributed by atoms with Crippen molar-refractivity contribution >= 4 is 5.78 Å². The van der Waals surface area contributed by atoms with Crippen molar-refractivity contribution in [2.45, 2.75) is 26.7 Å². The van der Waals surface area contributed by atoms with Crippen LogP contribution in [0, 0.1) is 17.3 Å². The molecule has 0 bridgehead atoms. The van der Waals surface area contributed by atoms with Crippen LogP contribution in [-0.4, -0.2) is 5.78 Å². The van der Waals surface area contributed by atoms with Gasteiger partial charge in [0.2, 0.25) is 0 Å². The summed E-state index contributed by atoms with van der Waals surface area (Å²) in [5.41, 5.74) is 0.455. The Labute approximate surface area is 55.4 Å². The zero-order valence-electron chi connectivity index (χ0n) is 5.98. The summed E-state index contributed by atoms with van der Waals surface area (Å²) in [5.74, 6) is 1.63. The van der Waals surface area contributed by atoms with Crippen molar-refractivity contribution in [1.29, 1.82) is 0 Å². The van der Waals surface area contributed by atoms with Gasteiger partial charge in [0.25, 0.3) is 0 Å². The minimum absolute atomic E-state index is 0.384. The highest BCUT2D eigenvalue weighted by Gasteiger charge is 2.60. The van der Waals surface area contributed by atoms with Gasteiger partial charge in [-0.15, -0.1) is 0 Å². The Kier molecular flexibility index (Phi) is 0.744. The zero-order chi connectivity index (χ0) is 6.65. The molecule has 0 heterocycles. The van der Waals surface area contributed by atoms with E-state index in [1.165, 1.54) is 6.42 Å². The molecular weight excluding hydrogens is 112 g/mol. The van der Waals surface area contributed by atoms with Crippen LogP contribution in [0.5, 0.6) is 0 Å². The lowest BCUT2D eigenvalue weighted by atomic mass is 10.1. The molecule has 0 amide bonds. The number of Topliss-reactive ketones (excluding diaryl/α,β-unsaturated/α-hetero) is 1. The van der Waals surface area contributed by atoms with Crippen LogP contribution in [0.1, 0.15) is 26.7 Å². The lowest BCUT2D eigenvalue weighted by Gasteiger charge is -1.98. The average Bonchev–Trinajstić information content (AvgIpc) is 2.34. The van der Waals surface area contributed by atoms with Crippen LogP contribution < -0.4 is 0 Å². The summed E-state index contributed by atoms with van der Waals surface area (Å²) in [6.07, 6.45) is 2.17. The summed E-state index contributed by atoms with van der Waals surface area (Å²) in [6, 6.07) is 0. The maximum atomic E-state index is 11.0. The van der Waals surface area contributed by atoms with Gasteiger partial charge in [0.15, 0.2) is 0 Å². The monoisotopic (exact) mass is 124 g/mol. The van der Waals surface area contributed by atoms with E-state index in [0.717, 1.165) is 12.3 Å². The minimum Gasteiger partial charge on any atom is -0.299 e. The largest absolute Gasteiger partial charge is 0.299 e. The fourth-order valence-electron chi connectivity index (χ4n) is 2.21. The van der Waals surface area contributed by atoms with E-state index in [1.54, 1.807) is 0 Å². The van der Waals surface area contributed by atoms with Gasteiger partial charge in [0, 0.05) is 12.3 Å². The molecule has 2 aliphatic carbocycles. The van der Waals surface area contributed by atoms with Gasteiger partial charge in [-0.3, -0.25) is 4.79 Å². The quantitative estimate of drug-likeness (QED) is 0.479. The Bertz CT molecular complexity index is 173. The molecule has 0 aliphatic heterocycles. The highest BCUT2D eigenvalue weighted by molar-refractivity contribution is 5.85. The normalized spacial score (nSPS) is 55.6. The molecule has 0 aromatic rings. The first-order valence-corrected chi connectivity index (χ1v) is 3.66. The van der Waals surface area contributed by atoms with Crippen molar-refractivity contribution in [2.75, 3.05) is 0 Å². The number of ketones is 1. The van der Waals surface area contributed by atoms with Crippen LogP contribution in [0.4, 0.5) is 0 Å². The Morgan fingerprint density at radius 1 is 1.67 bits per heavy atom. The third kappa shape index (κ3) is 0.525. The maximum absolute atomic E-state index is 11.0. The summed E-state index contributed by atoms with van der Waals surface area (Å²) in [7, 11) is 0. The highest BCUT2D eigenvalue weighted by Crippen LogP contribution is 2.64. The minimum atomic E-state index is 0.384. The SMILES string of the molecule is C[C@@H]1C(=O)C[C@]2(C)C[C@H]12. The number of carbonyl (C=O) groups excluding carboxylic acids is 1. The van der Waals surface area contributed by atoms with Gasteiger partial charge in [-0.1, -0.05) is 13.8 Å². The zero-order valence-corrected chi connectivity index (χ0v) is 5.98. The third-order valence-electron chi connectivity index (χ3n) is 3.11. The average molecular weight is 124 g/mol. The molecule has 0 N–H and O–H groups in total. The highest BCUT2D eigenvalue weighted by atomic mass is 16.1. The molecule has 2 fully saturated rings. The molecule has 0 saturated heterocycles. The Balaban J connectivity index is 2.24. The lowest BCUT2D eigenvalue weighted by molar-refractivity contribution is -0.121. The van der Waals surface area contributed by atoms with Gasteiger partial charge >= 0.3 is 0 Å². The topological polar surface area (TPSA) is 17.1 Å². The molecule has 50 valence electrons. The number of hydrogen-bond acceptors (Lipinski definition) is 1. The molecule has 0 unspecified atom stereocenters. The number of rotatable bonds is 0. The van der Waals surface area contributed by atoms with Crippen molar-refractivity contribution in [3.05, 3.63) is 0 Å². The number of carbonyl (C=O) groups is 1. The summed E-state index contributed by atoms with van der Waals surface area (Å²) < 4.78 is 0. The van der Waals surface area contributed by atoms with Gasteiger partial charge in [0.1, 0.15) is 5.78 Å². The summed E-state index contributed by atoms with van der Waals surface area (Å²) in [4.78, 5) is 11.0. The molecule has 0 aromatic carbocycles. The second-order valence-electron chi connectivity index (χ2n) is 3.90. The smallest absolute Gasteiger partial charge is 0.136 e. The van der Waals surface area contributed by atoms with E-state index in [2.05, 4.69) is 13.8 Å². The molecule has 9 heavy (non-hydrogen) atoms. The van der Waals surface area contributed by atoms with Crippen LogP contribution in [0.25, 0.3) is 0 Å². The van der Waals surface area contributed by atoms with Crippen LogP contribution >= 0.6 is 0 Å². The van der Waals surface area contributed by atoms with Crippen molar-refractivity contribution in [1.82, 2.24) is 0 Å². The number of hydrogen-bond donors (Lipinski definition) is 0. The van der Waals surface area contributed by atoms with E-state index < -0.39 is 0 Å². The van der Waals surface area contributed by atoms with E-state index in [9.17, 15) is 4.79 Å². The van der Waals surface area contributed by atoms with Crippen LogP contribution in [0.2, 0.25) is 0 Å². The Morgan fingerprint density at radius 3 is 2.56 bits per heavy atom. The standard InChI is InChI=1S/C8H12O/c1-5-6-3-8(6,2)4-7(5)9/h5-6H,3-4H2,1-2H3/t5-,6+,8-/m0/s1. The van der Waals surface area contributed by atoms with Gasteiger partial charge in [-0.05, 0) is 17.8 Å². The molecule has 3 atom stereocenters. The molecule has 0 spiro atoms. The van der Waals surface area contributed by atoms with Crippen LogP contribution in [0.3, 0.4) is 0 Å². The Hall–Kier alpha value is -0.330. The van der Waals surface area contributed by atoms with Crippen molar-refractivity contribution in [3.8, 4) is 0 Å². The lowest BCUT2D eigenvalue weighted by Crippen LogP contribution is -2.05. The molecule has 2 rings (SSSR count). The second kappa shape index (κ2) is 1.23. The molecular formula is C8H12O. The predicted octanol–water partition coefficient (Wildman–Crippen LogP) is 1.62. The Morgan fingerprint density at radius 2 is 2.33 bits per heavy atom. The first-order chi connectivity index (χ1) is 4.13. The van der Waals surface area contributed by atoms with Gasteiger partial charge in [-0.25, -0.2) is 0 Å². The second-order valence-corrected chi connectivity index (χ2v) is 3.90. The van der Waals surface area contributed by atoms with E-state index in [4.69, 9.17) is 0 Å².